The first-order valence-electron chi connectivity index (χ1n) is 12.1. The third-order valence-electron chi connectivity index (χ3n) is 5.48. The van der Waals surface area contributed by atoms with Gasteiger partial charge in [0.25, 0.3) is 0 Å². The van der Waals surface area contributed by atoms with E-state index in [1.54, 1.807) is 0 Å². The number of unbranched alkanes of at least 4 members (excludes halogenated alkanes) is 2. The zero-order chi connectivity index (χ0) is 25.3. The smallest absolute Gasteiger partial charge is 0.304 e. The molecule has 0 aliphatic carbocycles. The molecule has 0 amide bonds. The summed E-state index contributed by atoms with van der Waals surface area (Å²) in [5.74, 6) is -0.467. The molecule has 0 aliphatic heterocycles. The Hall–Kier alpha value is -2.77. The maximum absolute atomic E-state index is 10.8. The number of ether oxygens (including phenoxy) is 1. The summed E-state index contributed by atoms with van der Waals surface area (Å²) in [5.41, 5.74) is 2.28. The minimum atomic E-state index is -0.886. The van der Waals surface area contributed by atoms with E-state index in [0.29, 0.717) is 18.6 Å². The van der Waals surface area contributed by atoms with Crippen molar-refractivity contribution in [2.45, 2.75) is 62.7 Å². The Bertz CT molecular complexity index is 897. The lowest BCUT2D eigenvalue weighted by molar-refractivity contribution is -0.137. The van der Waals surface area contributed by atoms with Crippen LogP contribution in [-0.2, 0) is 16.0 Å². The van der Waals surface area contributed by atoms with E-state index in [0.717, 1.165) is 43.6 Å². The molecular weight excluding hydrogens is 464 g/mol. The number of aliphatic hydroxyl groups is 1. The molecule has 0 spiro atoms. The topological polar surface area (TPSA) is 104 Å². The van der Waals surface area contributed by atoms with E-state index >= 15 is 0 Å². The third-order valence-corrected chi connectivity index (χ3v) is 6.77. The van der Waals surface area contributed by atoms with Crippen molar-refractivity contribution < 1.29 is 29.6 Å². The van der Waals surface area contributed by atoms with Crippen molar-refractivity contribution >= 4 is 29.8 Å². The highest BCUT2D eigenvalue weighted by Gasteiger charge is 2.17. The average Bonchev–Trinajstić information content (AvgIpc) is 2.84. The number of hydrogen-bond acceptors (Lipinski definition) is 5. The van der Waals surface area contributed by atoms with Crippen LogP contribution in [0.4, 0.5) is 0 Å². The minimum Gasteiger partial charge on any atom is -0.494 e. The van der Waals surface area contributed by atoms with Gasteiger partial charge in [-0.1, -0.05) is 54.6 Å². The number of carboxylic acid groups (broad SMARTS) is 2. The molecule has 0 radical (unpaired) electrons. The fourth-order valence-corrected chi connectivity index (χ4v) is 4.63. The van der Waals surface area contributed by atoms with E-state index in [1.165, 1.54) is 17.3 Å². The van der Waals surface area contributed by atoms with Gasteiger partial charge in [0.1, 0.15) is 5.75 Å². The molecule has 0 aliphatic rings. The highest BCUT2D eigenvalue weighted by atomic mass is 32.2. The van der Waals surface area contributed by atoms with E-state index in [4.69, 9.17) is 14.9 Å². The van der Waals surface area contributed by atoms with Gasteiger partial charge in [-0.3, -0.25) is 9.59 Å². The van der Waals surface area contributed by atoms with Crippen molar-refractivity contribution in [1.29, 1.82) is 0 Å². The summed E-state index contributed by atoms with van der Waals surface area (Å²) in [6.45, 7) is 0.724. The van der Waals surface area contributed by atoms with E-state index in [-0.39, 0.29) is 18.1 Å². The number of hydrogen-bond donors (Lipinski definition) is 3. The van der Waals surface area contributed by atoms with Crippen LogP contribution in [0.2, 0.25) is 0 Å². The van der Waals surface area contributed by atoms with E-state index in [1.807, 2.05) is 54.6 Å². The van der Waals surface area contributed by atoms with Gasteiger partial charge in [0.15, 0.2) is 0 Å². The summed E-state index contributed by atoms with van der Waals surface area (Å²) >= 11 is 1.38. The first-order chi connectivity index (χ1) is 16.9. The van der Waals surface area contributed by atoms with Crippen molar-refractivity contribution in [1.82, 2.24) is 0 Å². The van der Waals surface area contributed by atoms with Crippen LogP contribution in [0.1, 0.15) is 56.1 Å². The second kappa shape index (κ2) is 16.8. The molecule has 2 aromatic rings. The van der Waals surface area contributed by atoms with Gasteiger partial charge in [-0.05, 0) is 61.8 Å². The number of rotatable bonds is 18. The van der Waals surface area contributed by atoms with Crippen LogP contribution in [0.25, 0.3) is 6.08 Å². The number of carboxylic acids is 2. The standard InChI is InChI=1S/C28H36O6S/c29-25(11-7-12-27(30)31)26(35-21-19-28(32)33)18-17-23-15-13-22(14-16-23)8-3-2-6-20-34-24-9-4-1-5-10-24/h1,4-5,9-10,13-18,25-26,29H,2-3,6-8,11-12,19-21H2,(H,30,31)(H,32,33)/b18-17-. The summed E-state index contributed by atoms with van der Waals surface area (Å²) in [6, 6.07) is 18.1. The van der Waals surface area contributed by atoms with Crippen LogP contribution in [0.15, 0.2) is 60.7 Å². The maximum Gasteiger partial charge on any atom is 0.304 e. The van der Waals surface area contributed by atoms with Crippen molar-refractivity contribution in [3.05, 3.63) is 71.8 Å². The second-order valence-corrected chi connectivity index (χ2v) is 9.69. The first kappa shape index (κ1) is 28.5. The molecule has 2 unspecified atom stereocenters. The second-order valence-electron chi connectivity index (χ2n) is 8.41. The molecule has 0 heterocycles. The Morgan fingerprint density at radius 2 is 1.60 bits per heavy atom. The number of aryl methyl sites for hydroxylation is 1. The van der Waals surface area contributed by atoms with E-state index in [2.05, 4.69) is 12.1 Å². The summed E-state index contributed by atoms with van der Waals surface area (Å²) in [7, 11) is 0. The summed E-state index contributed by atoms with van der Waals surface area (Å²) in [6.07, 6.45) is 8.08. The Morgan fingerprint density at radius 3 is 2.29 bits per heavy atom. The zero-order valence-electron chi connectivity index (χ0n) is 20.1. The molecule has 0 saturated carbocycles. The number of aliphatic carboxylic acids is 2. The molecule has 190 valence electrons. The Kier molecular flexibility index (Phi) is 13.7. The van der Waals surface area contributed by atoms with E-state index < -0.39 is 18.0 Å². The van der Waals surface area contributed by atoms with Crippen LogP contribution in [0.5, 0.6) is 5.75 Å². The molecule has 7 heteroatoms. The zero-order valence-corrected chi connectivity index (χ0v) is 20.9. The van der Waals surface area contributed by atoms with Gasteiger partial charge in [-0.2, -0.15) is 11.8 Å². The Morgan fingerprint density at radius 1 is 0.886 bits per heavy atom. The van der Waals surface area contributed by atoms with Crippen LogP contribution < -0.4 is 4.74 Å². The molecule has 3 N–H and O–H groups in total. The SMILES string of the molecule is O=C(O)CCCC(O)C(/C=C\c1ccc(CCCCCOc2ccccc2)cc1)SCCC(=O)O. The number of benzene rings is 2. The molecule has 2 atom stereocenters. The van der Waals surface area contributed by atoms with Gasteiger partial charge in [-0.25, -0.2) is 0 Å². The first-order valence-corrected chi connectivity index (χ1v) is 13.2. The molecular formula is C28H36O6S. The lowest BCUT2D eigenvalue weighted by atomic mass is 10.0. The maximum atomic E-state index is 10.8. The van der Waals surface area contributed by atoms with Crippen LogP contribution in [0.3, 0.4) is 0 Å². The normalized spacial score (nSPS) is 12.9. The quantitative estimate of drug-likeness (QED) is 0.226. The number of para-hydroxylation sites is 1. The lowest BCUT2D eigenvalue weighted by Crippen LogP contribution is -2.22. The molecule has 6 nitrogen and oxygen atoms in total. The molecule has 2 aromatic carbocycles. The predicted molar refractivity (Wildman–Crippen MR) is 141 cm³/mol. The number of aliphatic hydroxyl groups excluding tert-OH is 1. The minimum absolute atomic E-state index is 0.00873. The highest BCUT2D eigenvalue weighted by Crippen LogP contribution is 2.22. The largest absolute Gasteiger partial charge is 0.494 e. The van der Waals surface area contributed by atoms with Crippen LogP contribution in [0, 0.1) is 0 Å². The van der Waals surface area contributed by atoms with Crippen LogP contribution >= 0.6 is 11.8 Å². The monoisotopic (exact) mass is 500 g/mol. The van der Waals surface area contributed by atoms with Crippen molar-refractivity contribution in [3.8, 4) is 5.75 Å². The fraction of sp³-hybridized carbons (Fsp3) is 0.429. The predicted octanol–water partition coefficient (Wildman–Crippen LogP) is 5.68. The van der Waals surface area contributed by atoms with Gasteiger partial charge in [0.05, 0.1) is 19.1 Å². The van der Waals surface area contributed by atoms with Crippen LogP contribution in [-0.4, -0.2) is 51.0 Å². The highest BCUT2D eigenvalue weighted by molar-refractivity contribution is 8.00. The molecule has 2 rings (SSSR count). The van der Waals surface area contributed by atoms with Gasteiger partial charge >= 0.3 is 11.9 Å². The summed E-state index contributed by atoms with van der Waals surface area (Å²) < 4.78 is 5.72. The van der Waals surface area contributed by atoms with Crippen molar-refractivity contribution in [2.24, 2.45) is 0 Å². The number of thioether (sulfide) groups is 1. The van der Waals surface area contributed by atoms with Crippen molar-refractivity contribution in [2.75, 3.05) is 12.4 Å². The Balaban J connectivity index is 1.77. The third kappa shape index (κ3) is 13.0. The van der Waals surface area contributed by atoms with E-state index in [9.17, 15) is 14.7 Å². The molecule has 0 saturated heterocycles. The van der Waals surface area contributed by atoms with Crippen molar-refractivity contribution in [3.63, 3.8) is 0 Å². The molecule has 0 aromatic heterocycles. The molecule has 35 heavy (non-hydrogen) atoms. The Labute approximate surface area is 212 Å². The fourth-order valence-electron chi connectivity index (χ4n) is 3.52. The number of carbonyl (C=O) groups is 2. The lowest BCUT2D eigenvalue weighted by Gasteiger charge is -2.19. The van der Waals surface area contributed by atoms with Gasteiger partial charge in [-0.15, -0.1) is 0 Å². The van der Waals surface area contributed by atoms with Gasteiger partial charge < -0.3 is 20.1 Å². The average molecular weight is 501 g/mol. The summed E-state index contributed by atoms with van der Waals surface area (Å²) in [4.78, 5) is 21.6. The molecule has 0 bridgehead atoms. The van der Waals surface area contributed by atoms with Gasteiger partial charge in [0, 0.05) is 17.4 Å². The van der Waals surface area contributed by atoms with Gasteiger partial charge in [0.2, 0.25) is 0 Å². The molecule has 0 fully saturated rings. The summed E-state index contributed by atoms with van der Waals surface area (Å²) in [5, 5.41) is 27.9.